The summed E-state index contributed by atoms with van der Waals surface area (Å²) in [7, 11) is 0. The van der Waals surface area contributed by atoms with Crippen LogP contribution >= 0.6 is 0 Å². The van der Waals surface area contributed by atoms with Crippen LogP contribution in [0.1, 0.15) is 52.8 Å². The van der Waals surface area contributed by atoms with Gasteiger partial charge in [0.1, 0.15) is 12.1 Å². The smallest absolute Gasteiger partial charge is 0.416 e. The Hall–Kier alpha value is -3.73. The summed E-state index contributed by atoms with van der Waals surface area (Å²) in [6, 6.07) is 10.8. The van der Waals surface area contributed by atoms with Crippen LogP contribution in [-0.4, -0.2) is 46.4 Å². The van der Waals surface area contributed by atoms with Gasteiger partial charge in [-0.2, -0.15) is 13.2 Å². The van der Waals surface area contributed by atoms with Gasteiger partial charge in [0.05, 0.1) is 24.6 Å². The number of carbonyl (C=O) groups excluding carboxylic acids is 2. The molecule has 1 atom stereocenters. The third kappa shape index (κ3) is 7.66. The molecular weight excluding hydrogens is 518 g/mol. The molecule has 208 valence electrons. The Balaban J connectivity index is 1.47. The average molecular weight is 548 g/mol. The predicted molar refractivity (Wildman–Crippen MR) is 133 cm³/mol. The van der Waals surface area contributed by atoms with Gasteiger partial charge in [-0.1, -0.05) is 24.3 Å². The van der Waals surface area contributed by atoms with Gasteiger partial charge in [-0.15, -0.1) is 0 Å². The minimum absolute atomic E-state index is 0.103. The maximum atomic E-state index is 13.4. The first-order valence-corrected chi connectivity index (χ1v) is 12.7. The highest BCUT2D eigenvalue weighted by Crippen LogP contribution is 2.29. The summed E-state index contributed by atoms with van der Waals surface area (Å²) in [6.45, 7) is 3.48. The van der Waals surface area contributed by atoms with Crippen molar-refractivity contribution in [3.05, 3.63) is 88.9 Å². The molecule has 0 bridgehead atoms. The maximum absolute atomic E-state index is 13.4. The molecule has 0 aliphatic carbocycles. The molecule has 7 nitrogen and oxygen atoms in total. The van der Waals surface area contributed by atoms with E-state index in [2.05, 4.69) is 4.98 Å². The lowest BCUT2D eigenvalue weighted by Gasteiger charge is -2.30. The summed E-state index contributed by atoms with van der Waals surface area (Å²) in [6.07, 6.45) is -1.86. The number of rotatable bonds is 9. The maximum Gasteiger partial charge on any atom is 0.416 e. The summed E-state index contributed by atoms with van der Waals surface area (Å²) >= 11 is 0. The van der Waals surface area contributed by atoms with Crippen LogP contribution in [0.25, 0.3) is 0 Å². The predicted octanol–water partition coefficient (Wildman–Crippen LogP) is 5.45. The van der Waals surface area contributed by atoms with E-state index in [0.717, 1.165) is 17.7 Å². The third-order valence-electron chi connectivity index (χ3n) is 6.47. The van der Waals surface area contributed by atoms with Crippen LogP contribution in [0.15, 0.2) is 59.2 Å². The Kier molecular flexibility index (Phi) is 9.01. The van der Waals surface area contributed by atoms with Crippen molar-refractivity contribution < 1.29 is 36.3 Å². The Labute approximate surface area is 223 Å². The van der Waals surface area contributed by atoms with Crippen LogP contribution in [0.3, 0.4) is 0 Å². The van der Waals surface area contributed by atoms with Crippen LogP contribution in [0.5, 0.6) is 0 Å². The van der Waals surface area contributed by atoms with Crippen molar-refractivity contribution >= 4 is 11.9 Å². The Morgan fingerprint density at radius 3 is 2.31 bits per heavy atom. The minimum atomic E-state index is -4.43. The zero-order chi connectivity index (χ0) is 28.0. The topological polar surface area (TPSA) is 75.9 Å². The highest BCUT2D eigenvalue weighted by Gasteiger charge is 2.31. The van der Waals surface area contributed by atoms with Crippen LogP contribution in [0, 0.1) is 11.7 Å². The molecular formula is C28H29F4N3O4. The summed E-state index contributed by atoms with van der Waals surface area (Å²) in [5.74, 6) is -1.20. The number of oxazole rings is 1. The number of nitrogens with zero attached hydrogens (tertiary/aromatic N) is 3. The van der Waals surface area contributed by atoms with Crippen molar-refractivity contribution in [2.24, 2.45) is 5.92 Å². The molecule has 2 heterocycles. The van der Waals surface area contributed by atoms with Gasteiger partial charge in [-0.3, -0.25) is 14.5 Å². The zero-order valence-electron chi connectivity index (χ0n) is 21.4. The van der Waals surface area contributed by atoms with E-state index < -0.39 is 11.7 Å². The van der Waals surface area contributed by atoms with Gasteiger partial charge in [0, 0.05) is 26.2 Å². The molecule has 1 amide bonds. The van der Waals surface area contributed by atoms with Crippen LogP contribution < -0.4 is 0 Å². The summed E-state index contributed by atoms with van der Waals surface area (Å²) in [5.41, 5.74) is 0.775. The number of piperidine rings is 1. The number of aromatic nitrogens is 1. The fourth-order valence-electron chi connectivity index (χ4n) is 4.52. The Morgan fingerprint density at radius 2 is 1.69 bits per heavy atom. The van der Waals surface area contributed by atoms with Gasteiger partial charge in [-0.05, 0) is 55.2 Å². The van der Waals surface area contributed by atoms with Gasteiger partial charge in [-0.25, -0.2) is 9.37 Å². The van der Waals surface area contributed by atoms with Gasteiger partial charge >= 0.3 is 12.1 Å². The fourth-order valence-corrected chi connectivity index (χ4v) is 4.52. The molecule has 4 rings (SSSR count). The molecule has 1 aliphatic rings. The van der Waals surface area contributed by atoms with E-state index in [1.54, 1.807) is 24.0 Å². The third-order valence-corrected chi connectivity index (χ3v) is 6.47. The first-order valence-electron chi connectivity index (χ1n) is 12.7. The van der Waals surface area contributed by atoms with Crippen molar-refractivity contribution in [2.75, 3.05) is 19.7 Å². The fraction of sp³-hybridized carbons (Fsp3) is 0.393. The summed E-state index contributed by atoms with van der Waals surface area (Å²) < 4.78 is 63.0. The molecule has 1 aromatic heterocycles. The van der Waals surface area contributed by atoms with Crippen molar-refractivity contribution in [3.8, 4) is 0 Å². The molecule has 0 spiro atoms. The number of benzene rings is 2. The first kappa shape index (κ1) is 28.3. The summed E-state index contributed by atoms with van der Waals surface area (Å²) in [4.78, 5) is 33.0. The minimum Gasteiger partial charge on any atom is -0.466 e. The first-order chi connectivity index (χ1) is 18.6. The number of amides is 1. The van der Waals surface area contributed by atoms with Crippen molar-refractivity contribution in [3.63, 3.8) is 0 Å². The van der Waals surface area contributed by atoms with Crippen LogP contribution in [0.4, 0.5) is 17.6 Å². The number of halogens is 4. The molecule has 1 fully saturated rings. The molecule has 0 N–H and O–H groups in total. The molecule has 1 saturated heterocycles. The standard InChI is InChI=1S/C28H29F4N3O4/c1-2-38-27(37)21-4-3-13-35(16-21)26(36)24-18-39-25(33-24)17-34(15-20-7-11-23(29)12-8-20)14-19-5-9-22(10-6-19)28(30,31)32/h5-12,18,21H,2-4,13-17H2,1H3/t21-/m1/s1. The van der Waals surface area contributed by atoms with Gasteiger partial charge in [0.2, 0.25) is 5.89 Å². The molecule has 0 saturated carbocycles. The number of likely N-dealkylation sites (tertiary alicyclic amines) is 1. The second-order valence-corrected chi connectivity index (χ2v) is 9.44. The van der Waals surface area contributed by atoms with Crippen LogP contribution in [-0.2, 0) is 35.3 Å². The SMILES string of the molecule is CCOC(=O)[C@@H]1CCCN(C(=O)c2coc(CN(Cc3ccc(F)cc3)Cc3ccc(C(F)(F)F)cc3)n2)C1. The van der Waals surface area contributed by atoms with Gasteiger partial charge in [0.15, 0.2) is 5.69 Å². The molecule has 11 heteroatoms. The molecule has 2 aromatic carbocycles. The number of hydrogen-bond donors (Lipinski definition) is 0. The largest absolute Gasteiger partial charge is 0.466 e. The van der Waals surface area contributed by atoms with Gasteiger partial charge < -0.3 is 14.1 Å². The molecule has 39 heavy (non-hydrogen) atoms. The highest BCUT2D eigenvalue weighted by atomic mass is 19.4. The van der Waals surface area contributed by atoms with Gasteiger partial charge in [0.25, 0.3) is 5.91 Å². The normalized spacial score (nSPS) is 15.9. The van der Waals surface area contributed by atoms with E-state index >= 15 is 0 Å². The average Bonchev–Trinajstić information content (AvgIpc) is 3.38. The van der Waals surface area contributed by atoms with E-state index in [1.165, 1.54) is 30.5 Å². The van der Waals surface area contributed by atoms with Crippen molar-refractivity contribution in [1.29, 1.82) is 0 Å². The molecule has 0 radical (unpaired) electrons. The van der Waals surface area contributed by atoms with Crippen molar-refractivity contribution in [1.82, 2.24) is 14.8 Å². The lowest BCUT2D eigenvalue weighted by Crippen LogP contribution is -2.43. The van der Waals surface area contributed by atoms with Crippen molar-refractivity contribution in [2.45, 2.75) is 45.6 Å². The van der Waals surface area contributed by atoms with Crippen LogP contribution in [0.2, 0.25) is 0 Å². The quantitative estimate of drug-likeness (QED) is 0.262. The zero-order valence-corrected chi connectivity index (χ0v) is 21.4. The number of esters is 1. The Bertz CT molecular complexity index is 1260. The lowest BCUT2D eigenvalue weighted by molar-refractivity contribution is -0.149. The number of hydrogen-bond acceptors (Lipinski definition) is 6. The molecule has 0 unspecified atom stereocenters. The molecule has 3 aromatic rings. The Morgan fingerprint density at radius 1 is 1.05 bits per heavy atom. The second kappa shape index (κ2) is 12.4. The molecule has 1 aliphatic heterocycles. The lowest BCUT2D eigenvalue weighted by atomic mass is 9.98. The van der Waals surface area contributed by atoms with E-state index in [0.29, 0.717) is 31.5 Å². The second-order valence-electron chi connectivity index (χ2n) is 9.44. The summed E-state index contributed by atoms with van der Waals surface area (Å²) in [5, 5.41) is 0. The van der Waals surface area contributed by atoms with E-state index in [1.807, 2.05) is 4.90 Å². The number of carbonyl (C=O) groups is 2. The number of alkyl halides is 3. The van der Waals surface area contributed by atoms with E-state index in [9.17, 15) is 27.2 Å². The van der Waals surface area contributed by atoms with E-state index in [-0.39, 0.29) is 61.4 Å². The number of ether oxygens (including phenoxy) is 1. The highest BCUT2D eigenvalue weighted by molar-refractivity contribution is 5.92. The monoisotopic (exact) mass is 547 g/mol. The van der Waals surface area contributed by atoms with E-state index in [4.69, 9.17) is 9.15 Å².